The predicted molar refractivity (Wildman–Crippen MR) is 187 cm³/mol. The maximum atomic E-state index is 15.0. The Morgan fingerprint density at radius 3 is 2.21 bits per heavy atom. The van der Waals surface area contributed by atoms with Crippen LogP contribution in [0.2, 0.25) is 0 Å². The van der Waals surface area contributed by atoms with E-state index in [2.05, 4.69) is 10.2 Å². The number of hydrogen-bond acceptors (Lipinski definition) is 6. The number of carbonyl (C=O) groups excluding carboxylic acids is 2. The predicted octanol–water partition coefficient (Wildman–Crippen LogP) is 8.24. The molecule has 0 aliphatic rings. The second-order valence-electron chi connectivity index (χ2n) is 12.3. The summed E-state index contributed by atoms with van der Waals surface area (Å²) in [6.45, 7) is 7.91. The summed E-state index contributed by atoms with van der Waals surface area (Å²) in [7, 11) is 1.94. The highest BCUT2D eigenvalue weighted by Crippen LogP contribution is 2.39. The Bertz CT molecular complexity index is 1970. The van der Waals surface area contributed by atoms with Crippen LogP contribution in [0, 0.1) is 17.6 Å². The highest BCUT2D eigenvalue weighted by Gasteiger charge is 2.26. The summed E-state index contributed by atoms with van der Waals surface area (Å²) in [4.78, 5) is 43.3. The number of ether oxygens (including phenoxy) is 1. The Morgan fingerprint density at radius 1 is 0.917 bits per heavy atom. The SMILES string of the molecule is CCC(C)OC(=O)c1cn(Cc2c(F)cccc2F)c2sc(-c3ccc(NC(=O)C(C)C)cc3)c(CN(C)Cc3ccccc3)c2c1=O. The van der Waals surface area contributed by atoms with E-state index < -0.39 is 29.1 Å². The molecule has 5 rings (SSSR count). The topological polar surface area (TPSA) is 80.6 Å². The van der Waals surface area contributed by atoms with E-state index >= 15 is 0 Å². The van der Waals surface area contributed by atoms with Gasteiger partial charge in [0.1, 0.15) is 22.0 Å². The van der Waals surface area contributed by atoms with Gasteiger partial charge in [-0.05, 0) is 61.3 Å². The molecule has 1 atom stereocenters. The molecule has 10 heteroatoms. The molecule has 0 aliphatic carbocycles. The zero-order valence-electron chi connectivity index (χ0n) is 27.7. The van der Waals surface area contributed by atoms with Crippen molar-refractivity contribution in [2.24, 2.45) is 5.92 Å². The molecule has 7 nitrogen and oxygen atoms in total. The van der Waals surface area contributed by atoms with Crippen molar-refractivity contribution in [3.05, 3.63) is 123 Å². The van der Waals surface area contributed by atoms with Gasteiger partial charge >= 0.3 is 5.97 Å². The number of pyridine rings is 1. The van der Waals surface area contributed by atoms with Crippen LogP contribution in [-0.4, -0.2) is 34.5 Å². The first-order valence-corrected chi connectivity index (χ1v) is 16.7. The van der Waals surface area contributed by atoms with Gasteiger partial charge in [0.2, 0.25) is 11.3 Å². The van der Waals surface area contributed by atoms with Gasteiger partial charge in [0.25, 0.3) is 0 Å². The first-order chi connectivity index (χ1) is 23.0. The Labute approximate surface area is 282 Å². The van der Waals surface area contributed by atoms with Crippen LogP contribution in [0.4, 0.5) is 14.5 Å². The molecule has 48 heavy (non-hydrogen) atoms. The van der Waals surface area contributed by atoms with E-state index in [1.54, 1.807) is 23.6 Å². The van der Waals surface area contributed by atoms with Gasteiger partial charge in [-0.3, -0.25) is 14.5 Å². The lowest BCUT2D eigenvalue weighted by Crippen LogP contribution is -2.25. The number of fused-ring (bicyclic) bond motifs is 1. The van der Waals surface area contributed by atoms with E-state index in [4.69, 9.17) is 4.74 Å². The van der Waals surface area contributed by atoms with E-state index in [0.29, 0.717) is 41.0 Å². The standard InChI is InChI=1S/C38H39F2N3O4S/c1-6-24(4)47-38(46)30-22-43(21-28-31(39)13-10-14-32(28)40)37-33(34(30)44)29(20-42(5)19-25-11-8-7-9-12-25)35(48-37)26-15-17-27(18-16-26)41-36(45)23(2)3/h7-18,22-24H,6,19-21H2,1-5H3,(H,41,45). The maximum absolute atomic E-state index is 15.0. The van der Waals surface area contributed by atoms with Crippen molar-refractivity contribution < 1.29 is 23.1 Å². The van der Waals surface area contributed by atoms with Crippen molar-refractivity contribution in [1.29, 1.82) is 0 Å². The summed E-state index contributed by atoms with van der Waals surface area (Å²) in [6.07, 6.45) is 1.46. The lowest BCUT2D eigenvalue weighted by Gasteiger charge is -2.18. The molecule has 2 heterocycles. The number of nitrogens with one attached hydrogen (secondary N) is 1. The molecule has 1 N–H and O–H groups in total. The van der Waals surface area contributed by atoms with Crippen LogP contribution in [0.5, 0.6) is 0 Å². The summed E-state index contributed by atoms with van der Waals surface area (Å²) >= 11 is 1.31. The highest BCUT2D eigenvalue weighted by atomic mass is 32.1. The fourth-order valence-electron chi connectivity index (χ4n) is 5.34. The van der Waals surface area contributed by atoms with Gasteiger partial charge in [0.05, 0.1) is 18.0 Å². The molecule has 0 saturated heterocycles. The quantitative estimate of drug-likeness (QED) is 0.135. The minimum Gasteiger partial charge on any atom is -0.459 e. The summed E-state index contributed by atoms with van der Waals surface area (Å²) in [5, 5.41) is 3.19. The number of rotatable bonds is 12. The van der Waals surface area contributed by atoms with Crippen LogP contribution < -0.4 is 10.7 Å². The third-order valence-corrected chi connectivity index (χ3v) is 9.48. The summed E-state index contributed by atoms with van der Waals surface area (Å²) in [6, 6.07) is 20.9. The van der Waals surface area contributed by atoms with Gasteiger partial charge < -0.3 is 14.6 Å². The zero-order chi connectivity index (χ0) is 34.5. The largest absolute Gasteiger partial charge is 0.459 e. The molecule has 0 saturated carbocycles. The third-order valence-electron chi connectivity index (χ3n) is 8.16. The van der Waals surface area contributed by atoms with E-state index in [1.807, 2.05) is 70.3 Å². The summed E-state index contributed by atoms with van der Waals surface area (Å²) in [5.74, 6) is -2.55. The molecule has 1 unspecified atom stereocenters. The molecule has 0 fully saturated rings. The number of carbonyl (C=O) groups is 2. The normalized spacial score (nSPS) is 12.1. The van der Waals surface area contributed by atoms with Crippen LogP contribution in [0.3, 0.4) is 0 Å². The number of esters is 1. The lowest BCUT2D eigenvalue weighted by molar-refractivity contribution is -0.118. The van der Waals surface area contributed by atoms with Crippen molar-refractivity contribution >= 4 is 39.1 Å². The number of amides is 1. The second-order valence-corrected chi connectivity index (χ2v) is 13.3. The van der Waals surface area contributed by atoms with Crippen LogP contribution in [-0.2, 0) is 29.2 Å². The number of halogens is 2. The molecular formula is C38H39F2N3O4S. The minimum atomic E-state index is -0.791. The molecule has 0 spiro atoms. The Hall–Kier alpha value is -4.67. The average Bonchev–Trinajstić information content (AvgIpc) is 3.43. The van der Waals surface area contributed by atoms with Crippen molar-refractivity contribution in [2.75, 3.05) is 12.4 Å². The number of anilines is 1. The molecule has 1 amide bonds. The number of thiophene rings is 1. The van der Waals surface area contributed by atoms with E-state index in [9.17, 15) is 23.2 Å². The summed E-state index contributed by atoms with van der Waals surface area (Å²) < 4.78 is 37.1. The molecule has 3 aromatic carbocycles. The zero-order valence-corrected chi connectivity index (χ0v) is 28.5. The molecule has 0 aliphatic heterocycles. The van der Waals surface area contributed by atoms with E-state index in [-0.39, 0.29) is 29.5 Å². The monoisotopic (exact) mass is 671 g/mol. The number of hydrogen-bond donors (Lipinski definition) is 1. The molecule has 5 aromatic rings. The smallest absolute Gasteiger partial charge is 0.343 e. The van der Waals surface area contributed by atoms with Crippen LogP contribution >= 0.6 is 11.3 Å². The van der Waals surface area contributed by atoms with Gasteiger partial charge in [0.15, 0.2) is 0 Å². The number of nitrogens with zero attached hydrogens (tertiary/aromatic N) is 2. The van der Waals surface area contributed by atoms with Crippen molar-refractivity contribution in [2.45, 2.75) is 59.9 Å². The Balaban J connectivity index is 1.71. The van der Waals surface area contributed by atoms with E-state index in [0.717, 1.165) is 16.0 Å². The molecule has 0 radical (unpaired) electrons. The fourth-order valence-corrected chi connectivity index (χ4v) is 6.63. The second kappa shape index (κ2) is 15.0. The van der Waals surface area contributed by atoms with Crippen LogP contribution in [0.1, 0.15) is 61.2 Å². The number of benzene rings is 3. The van der Waals surface area contributed by atoms with Crippen molar-refractivity contribution in [1.82, 2.24) is 9.47 Å². The van der Waals surface area contributed by atoms with Gasteiger partial charge in [-0.2, -0.15) is 0 Å². The summed E-state index contributed by atoms with van der Waals surface area (Å²) in [5.41, 5.74) is 2.28. The van der Waals surface area contributed by atoms with Crippen LogP contribution in [0.15, 0.2) is 83.8 Å². The molecule has 250 valence electrons. The maximum Gasteiger partial charge on any atom is 0.343 e. The van der Waals surface area contributed by atoms with Crippen LogP contribution in [0.25, 0.3) is 20.7 Å². The fraction of sp³-hybridized carbons (Fsp3) is 0.289. The van der Waals surface area contributed by atoms with Crippen molar-refractivity contribution in [3.63, 3.8) is 0 Å². The van der Waals surface area contributed by atoms with Crippen molar-refractivity contribution in [3.8, 4) is 10.4 Å². The Kier molecular flexibility index (Phi) is 10.9. The minimum absolute atomic E-state index is 0.109. The van der Waals surface area contributed by atoms with E-state index in [1.165, 1.54) is 35.7 Å². The third kappa shape index (κ3) is 7.72. The van der Waals surface area contributed by atoms with Gasteiger partial charge in [-0.1, -0.05) is 69.3 Å². The number of aromatic nitrogens is 1. The molecule has 2 aromatic heterocycles. The van der Waals surface area contributed by atoms with Gasteiger partial charge in [0, 0.05) is 41.3 Å². The highest BCUT2D eigenvalue weighted by molar-refractivity contribution is 7.22. The average molecular weight is 672 g/mol. The molecular weight excluding hydrogens is 632 g/mol. The Morgan fingerprint density at radius 2 is 1.58 bits per heavy atom. The van der Waals surface area contributed by atoms with Gasteiger partial charge in [-0.15, -0.1) is 11.3 Å². The molecule has 0 bridgehead atoms. The first-order valence-electron chi connectivity index (χ1n) is 15.9. The lowest BCUT2D eigenvalue weighted by atomic mass is 10.0. The first kappa shape index (κ1) is 34.7. The van der Waals surface area contributed by atoms with Gasteiger partial charge in [-0.25, -0.2) is 13.6 Å².